The molecule has 3 heteroatoms. The van der Waals surface area contributed by atoms with Gasteiger partial charge in [-0.05, 0) is 23.6 Å². The average molecular weight is 267 g/mol. The number of carbonyl (C=O) groups is 1. The molecule has 20 heavy (non-hydrogen) atoms. The summed E-state index contributed by atoms with van der Waals surface area (Å²) in [5.74, 6) is -0.467. The Bertz CT molecular complexity index is 634. The number of amides is 1. The standard InChI is InChI=1S/C17H17NO2/c1-17(20,15-11-18-16(15)19)14-10-6-5-9-13(14)12-7-3-2-4-8-12/h2-10,15,20H,11H2,1H3,(H,18,19). The first-order valence-electron chi connectivity index (χ1n) is 6.75. The zero-order valence-corrected chi connectivity index (χ0v) is 11.3. The molecule has 0 aromatic heterocycles. The van der Waals surface area contributed by atoms with Crippen LogP contribution in [0, 0.1) is 5.92 Å². The molecule has 2 aromatic carbocycles. The third-order valence-corrected chi connectivity index (χ3v) is 4.03. The molecule has 1 aliphatic heterocycles. The predicted molar refractivity (Wildman–Crippen MR) is 77.9 cm³/mol. The summed E-state index contributed by atoms with van der Waals surface area (Å²) >= 11 is 0. The van der Waals surface area contributed by atoms with E-state index >= 15 is 0 Å². The Morgan fingerprint density at radius 3 is 2.35 bits per heavy atom. The van der Waals surface area contributed by atoms with Gasteiger partial charge >= 0.3 is 0 Å². The van der Waals surface area contributed by atoms with Gasteiger partial charge in [0.15, 0.2) is 0 Å². The van der Waals surface area contributed by atoms with Crippen LogP contribution in [0.5, 0.6) is 0 Å². The Balaban J connectivity index is 2.08. The van der Waals surface area contributed by atoms with Crippen LogP contribution in [-0.2, 0) is 10.4 Å². The lowest BCUT2D eigenvalue weighted by Gasteiger charge is -2.39. The highest BCUT2D eigenvalue weighted by Gasteiger charge is 2.45. The normalized spacial score (nSPS) is 20.7. The number of benzene rings is 2. The van der Waals surface area contributed by atoms with Gasteiger partial charge in [0.2, 0.25) is 5.91 Å². The summed E-state index contributed by atoms with van der Waals surface area (Å²) in [4.78, 5) is 11.6. The molecule has 102 valence electrons. The Labute approximate surface area is 118 Å². The predicted octanol–water partition coefficient (Wildman–Crippen LogP) is 2.31. The lowest BCUT2D eigenvalue weighted by atomic mass is 9.76. The number of nitrogens with one attached hydrogen (secondary N) is 1. The van der Waals surface area contributed by atoms with Crippen molar-refractivity contribution >= 4 is 5.91 Å². The number of β-lactam (4-membered cyclic amide) rings is 1. The van der Waals surface area contributed by atoms with E-state index in [1.165, 1.54) is 0 Å². The summed E-state index contributed by atoms with van der Waals surface area (Å²) in [5, 5.41) is 13.6. The molecule has 1 aliphatic rings. The molecule has 2 unspecified atom stereocenters. The van der Waals surface area contributed by atoms with Gasteiger partial charge in [-0.3, -0.25) is 4.79 Å². The van der Waals surface area contributed by atoms with Gasteiger partial charge in [-0.15, -0.1) is 0 Å². The lowest BCUT2D eigenvalue weighted by Crippen LogP contribution is -2.57. The first kappa shape index (κ1) is 12.9. The van der Waals surface area contributed by atoms with E-state index in [0.29, 0.717) is 6.54 Å². The molecule has 0 aliphatic carbocycles. The lowest BCUT2D eigenvalue weighted by molar-refractivity contribution is -0.143. The summed E-state index contributed by atoms with van der Waals surface area (Å²) < 4.78 is 0. The molecule has 0 bridgehead atoms. The van der Waals surface area contributed by atoms with Gasteiger partial charge in [-0.1, -0.05) is 54.6 Å². The molecule has 1 saturated heterocycles. The van der Waals surface area contributed by atoms with Crippen LogP contribution in [0.15, 0.2) is 54.6 Å². The van der Waals surface area contributed by atoms with Crippen molar-refractivity contribution in [3.05, 3.63) is 60.2 Å². The van der Waals surface area contributed by atoms with Gasteiger partial charge in [0.25, 0.3) is 0 Å². The fourth-order valence-electron chi connectivity index (χ4n) is 2.72. The first-order chi connectivity index (χ1) is 9.60. The molecular formula is C17H17NO2. The topological polar surface area (TPSA) is 49.3 Å². The van der Waals surface area contributed by atoms with Crippen LogP contribution in [0.4, 0.5) is 0 Å². The van der Waals surface area contributed by atoms with Crippen molar-refractivity contribution in [2.45, 2.75) is 12.5 Å². The van der Waals surface area contributed by atoms with Gasteiger partial charge in [0.05, 0.1) is 5.92 Å². The van der Waals surface area contributed by atoms with Crippen molar-refractivity contribution in [2.75, 3.05) is 6.54 Å². The largest absolute Gasteiger partial charge is 0.385 e. The zero-order valence-electron chi connectivity index (χ0n) is 11.3. The van der Waals surface area contributed by atoms with Gasteiger partial charge < -0.3 is 10.4 Å². The van der Waals surface area contributed by atoms with Crippen molar-refractivity contribution in [3.8, 4) is 11.1 Å². The van der Waals surface area contributed by atoms with Crippen molar-refractivity contribution in [1.29, 1.82) is 0 Å². The van der Waals surface area contributed by atoms with E-state index in [9.17, 15) is 9.90 Å². The molecule has 2 aromatic rings. The highest BCUT2D eigenvalue weighted by Crippen LogP contribution is 2.38. The summed E-state index contributed by atoms with van der Waals surface area (Å²) in [6.45, 7) is 2.24. The minimum absolute atomic E-state index is 0.0853. The van der Waals surface area contributed by atoms with Crippen LogP contribution in [0.1, 0.15) is 12.5 Å². The summed E-state index contributed by atoms with van der Waals surface area (Å²) in [6, 6.07) is 17.6. The molecule has 2 N–H and O–H groups in total. The van der Waals surface area contributed by atoms with E-state index in [2.05, 4.69) is 5.32 Å². The Hall–Kier alpha value is -2.13. The number of aliphatic hydroxyl groups is 1. The van der Waals surface area contributed by atoms with E-state index in [0.717, 1.165) is 16.7 Å². The van der Waals surface area contributed by atoms with Crippen LogP contribution in [0.3, 0.4) is 0 Å². The Morgan fingerprint density at radius 1 is 1.10 bits per heavy atom. The molecular weight excluding hydrogens is 250 g/mol. The molecule has 1 amide bonds. The third-order valence-electron chi connectivity index (χ3n) is 4.03. The van der Waals surface area contributed by atoms with E-state index in [1.807, 2.05) is 54.6 Å². The third kappa shape index (κ3) is 2.00. The maximum Gasteiger partial charge on any atom is 0.228 e. The van der Waals surface area contributed by atoms with E-state index < -0.39 is 5.60 Å². The van der Waals surface area contributed by atoms with E-state index in [1.54, 1.807) is 6.92 Å². The molecule has 1 heterocycles. The second kappa shape index (κ2) is 4.76. The van der Waals surface area contributed by atoms with Gasteiger partial charge in [-0.2, -0.15) is 0 Å². The Morgan fingerprint density at radius 2 is 1.75 bits per heavy atom. The number of rotatable bonds is 3. The second-order valence-corrected chi connectivity index (χ2v) is 5.36. The minimum atomic E-state index is -1.16. The highest BCUT2D eigenvalue weighted by atomic mass is 16.3. The van der Waals surface area contributed by atoms with Gasteiger partial charge in [-0.25, -0.2) is 0 Å². The van der Waals surface area contributed by atoms with Crippen LogP contribution in [-0.4, -0.2) is 17.6 Å². The highest BCUT2D eigenvalue weighted by molar-refractivity contribution is 5.86. The number of hydrogen-bond acceptors (Lipinski definition) is 2. The molecule has 2 atom stereocenters. The smallest absolute Gasteiger partial charge is 0.228 e. The summed E-state index contributed by atoms with van der Waals surface area (Å²) in [6.07, 6.45) is 0. The van der Waals surface area contributed by atoms with Gasteiger partial charge in [0, 0.05) is 6.54 Å². The second-order valence-electron chi connectivity index (χ2n) is 5.36. The monoisotopic (exact) mass is 267 g/mol. The van der Waals surface area contributed by atoms with E-state index in [-0.39, 0.29) is 11.8 Å². The molecule has 0 radical (unpaired) electrons. The zero-order chi connectivity index (χ0) is 14.2. The van der Waals surface area contributed by atoms with E-state index in [4.69, 9.17) is 0 Å². The van der Waals surface area contributed by atoms with Crippen molar-refractivity contribution in [3.63, 3.8) is 0 Å². The Kier molecular flexibility index (Phi) is 3.07. The quantitative estimate of drug-likeness (QED) is 0.838. The van der Waals surface area contributed by atoms with Crippen molar-refractivity contribution < 1.29 is 9.90 Å². The molecule has 0 spiro atoms. The van der Waals surface area contributed by atoms with Crippen LogP contribution >= 0.6 is 0 Å². The first-order valence-corrected chi connectivity index (χ1v) is 6.75. The number of carbonyl (C=O) groups excluding carboxylic acids is 1. The SMILES string of the molecule is CC(O)(c1ccccc1-c1ccccc1)C1CNC1=O. The molecule has 3 nitrogen and oxygen atoms in total. The summed E-state index contributed by atoms with van der Waals surface area (Å²) in [5.41, 5.74) is 1.65. The van der Waals surface area contributed by atoms with Crippen molar-refractivity contribution in [2.24, 2.45) is 5.92 Å². The van der Waals surface area contributed by atoms with Crippen molar-refractivity contribution in [1.82, 2.24) is 5.32 Å². The van der Waals surface area contributed by atoms with Crippen LogP contribution < -0.4 is 5.32 Å². The number of hydrogen-bond donors (Lipinski definition) is 2. The minimum Gasteiger partial charge on any atom is -0.385 e. The fraction of sp³-hybridized carbons (Fsp3) is 0.235. The molecule has 1 fully saturated rings. The summed E-state index contributed by atoms with van der Waals surface area (Å²) in [7, 11) is 0. The fourth-order valence-corrected chi connectivity index (χ4v) is 2.72. The maximum atomic E-state index is 11.6. The van der Waals surface area contributed by atoms with Crippen LogP contribution in [0.25, 0.3) is 11.1 Å². The maximum absolute atomic E-state index is 11.6. The average Bonchev–Trinajstić information content (AvgIpc) is 2.46. The van der Waals surface area contributed by atoms with Gasteiger partial charge in [0.1, 0.15) is 5.60 Å². The molecule has 3 rings (SSSR count). The van der Waals surface area contributed by atoms with Crippen LogP contribution in [0.2, 0.25) is 0 Å². The molecule has 0 saturated carbocycles.